The summed E-state index contributed by atoms with van der Waals surface area (Å²) in [5.41, 5.74) is 4.03. The van der Waals surface area contributed by atoms with E-state index in [1.54, 1.807) is 6.20 Å². The van der Waals surface area contributed by atoms with Crippen molar-refractivity contribution in [3.8, 4) is 0 Å². The molecular formula is C19H19N3O2. The Balaban J connectivity index is 2.13. The first-order valence-electron chi connectivity index (χ1n) is 7.72. The molecule has 1 atom stereocenters. The Morgan fingerprint density at radius 1 is 1.12 bits per heavy atom. The number of hydrogen-bond donors (Lipinski definition) is 1. The molecule has 24 heavy (non-hydrogen) atoms. The Labute approximate surface area is 141 Å². The molecule has 5 nitrogen and oxygen atoms in total. The Morgan fingerprint density at radius 3 is 2.54 bits per heavy atom. The third-order valence-corrected chi connectivity index (χ3v) is 4.04. The van der Waals surface area contributed by atoms with Gasteiger partial charge in [-0.15, -0.1) is 0 Å². The molecular weight excluding hydrogens is 302 g/mol. The lowest BCUT2D eigenvalue weighted by Crippen LogP contribution is -2.33. The van der Waals surface area contributed by atoms with Gasteiger partial charge in [0.25, 0.3) is 0 Å². The maximum atomic E-state index is 12.3. The van der Waals surface area contributed by atoms with Crippen LogP contribution in [0.1, 0.15) is 29.8 Å². The van der Waals surface area contributed by atoms with Crippen molar-refractivity contribution in [3.63, 3.8) is 0 Å². The molecule has 1 aliphatic rings. The third kappa shape index (κ3) is 2.93. The fourth-order valence-electron chi connectivity index (χ4n) is 2.80. The van der Waals surface area contributed by atoms with Gasteiger partial charge in [-0.25, -0.2) is 4.79 Å². The van der Waals surface area contributed by atoms with E-state index in [-0.39, 0.29) is 5.97 Å². The van der Waals surface area contributed by atoms with Crippen LogP contribution in [0.2, 0.25) is 0 Å². The van der Waals surface area contributed by atoms with Crippen molar-refractivity contribution in [2.24, 2.45) is 4.99 Å². The molecule has 1 aromatic carbocycles. The van der Waals surface area contributed by atoms with Gasteiger partial charge in [0.05, 0.1) is 12.7 Å². The molecule has 0 aliphatic carbocycles. The van der Waals surface area contributed by atoms with Crippen molar-refractivity contribution >= 4 is 11.8 Å². The number of nitrogens with one attached hydrogen (secondary N) is 1. The number of aromatic nitrogens is 1. The second-order valence-electron chi connectivity index (χ2n) is 5.61. The van der Waals surface area contributed by atoms with Gasteiger partial charge in [0.1, 0.15) is 11.7 Å². The van der Waals surface area contributed by atoms with Crippen molar-refractivity contribution in [1.29, 1.82) is 0 Å². The third-order valence-electron chi connectivity index (χ3n) is 4.04. The predicted octanol–water partition coefficient (Wildman–Crippen LogP) is 2.93. The van der Waals surface area contributed by atoms with Crippen molar-refractivity contribution < 1.29 is 9.53 Å². The van der Waals surface area contributed by atoms with E-state index in [4.69, 9.17) is 9.73 Å². The lowest BCUT2D eigenvalue weighted by atomic mass is 9.93. The zero-order chi connectivity index (χ0) is 17.1. The van der Waals surface area contributed by atoms with Crippen LogP contribution in [0.5, 0.6) is 0 Å². The molecule has 0 saturated heterocycles. The van der Waals surface area contributed by atoms with Crippen LogP contribution in [0.3, 0.4) is 0 Å². The molecule has 0 bridgehead atoms. The smallest absolute Gasteiger partial charge is 0.338 e. The first-order chi connectivity index (χ1) is 11.6. The number of carbonyl (C=O) groups is 1. The van der Waals surface area contributed by atoms with Gasteiger partial charge in [-0.3, -0.25) is 9.98 Å². The normalized spacial score (nSPS) is 17.1. The van der Waals surface area contributed by atoms with Crippen LogP contribution >= 0.6 is 0 Å². The van der Waals surface area contributed by atoms with Crippen molar-refractivity contribution in [1.82, 2.24) is 10.3 Å². The molecule has 1 aliphatic heterocycles. The molecule has 2 aromatic rings. The molecule has 0 amide bonds. The van der Waals surface area contributed by atoms with Gasteiger partial charge in [0.15, 0.2) is 5.84 Å². The maximum Gasteiger partial charge on any atom is 0.338 e. The van der Waals surface area contributed by atoms with Gasteiger partial charge in [0.2, 0.25) is 0 Å². The molecule has 0 radical (unpaired) electrons. The average molecular weight is 321 g/mol. The van der Waals surface area contributed by atoms with E-state index in [0.29, 0.717) is 11.4 Å². The summed E-state index contributed by atoms with van der Waals surface area (Å²) < 4.78 is 4.97. The molecule has 1 unspecified atom stereocenters. The van der Waals surface area contributed by atoms with E-state index in [0.717, 1.165) is 22.5 Å². The Morgan fingerprint density at radius 2 is 1.88 bits per heavy atom. The Kier molecular flexibility index (Phi) is 4.42. The molecule has 2 heterocycles. The number of ether oxygens (including phenoxy) is 1. The van der Waals surface area contributed by atoms with E-state index < -0.39 is 6.04 Å². The SMILES string of the molecule is COC(=O)C1=C(C)NC(c2ccccn2)=NC1c1ccccc1C. The summed E-state index contributed by atoms with van der Waals surface area (Å²) in [5, 5.41) is 3.18. The molecule has 1 aromatic heterocycles. The van der Waals surface area contributed by atoms with Gasteiger partial charge in [-0.2, -0.15) is 0 Å². The fraction of sp³-hybridized carbons (Fsp3) is 0.211. The van der Waals surface area contributed by atoms with Crippen LogP contribution in [0.25, 0.3) is 0 Å². The highest BCUT2D eigenvalue weighted by Gasteiger charge is 2.31. The number of carbonyl (C=O) groups excluding carboxylic acids is 1. The molecule has 3 rings (SSSR count). The van der Waals surface area contributed by atoms with Crippen molar-refractivity contribution in [3.05, 3.63) is 76.8 Å². The summed E-state index contributed by atoms with van der Waals surface area (Å²) in [6.07, 6.45) is 1.72. The highest BCUT2D eigenvalue weighted by Crippen LogP contribution is 2.33. The number of benzene rings is 1. The van der Waals surface area contributed by atoms with E-state index in [1.165, 1.54) is 7.11 Å². The molecule has 0 spiro atoms. The van der Waals surface area contributed by atoms with Crippen molar-refractivity contribution in [2.45, 2.75) is 19.9 Å². The Hall–Kier alpha value is -2.95. The van der Waals surface area contributed by atoms with Crippen LogP contribution < -0.4 is 5.32 Å². The molecule has 1 N–H and O–H groups in total. The monoisotopic (exact) mass is 321 g/mol. The zero-order valence-electron chi connectivity index (χ0n) is 13.9. The molecule has 0 fully saturated rings. The van der Waals surface area contributed by atoms with Crippen molar-refractivity contribution in [2.75, 3.05) is 7.11 Å². The standard InChI is InChI=1S/C19H19N3O2/c1-12-8-4-5-9-14(12)17-16(19(23)24-3)13(2)21-18(22-17)15-10-6-7-11-20-15/h4-11,17H,1-3H3,(H,21,22). The number of aliphatic imine (C=N–C) groups is 1. The largest absolute Gasteiger partial charge is 0.466 e. The van der Waals surface area contributed by atoms with Gasteiger partial charge in [-0.1, -0.05) is 30.3 Å². The fourth-order valence-corrected chi connectivity index (χ4v) is 2.80. The van der Waals surface area contributed by atoms with E-state index in [9.17, 15) is 4.79 Å². The second-order valence-corrected chi connectivity index (χ2v) is 5.61. The summed E-state index contributed by atoms with van der Waals surface area (Å²) in [5.74, 6) is 0.270. The van der Waals surface area contributed by atoms with Crippen LogP contribution in [0.15, 0.2) is 64.9 Å². The first kappa shape index (κ1) is 15.9. The number of nitrogens with zero attached hydrogens (tertiary/aromatic N) is 2. The minimum atomic E-state index is -0.420. The first-order valence-corrected chi connectivity index (χ1v) is 7.72. The van der Waals surface area contributed by atoms with Crippen LogP contribution in [-0.2, 0) is 9.53 Å². The zero-order valence-corrected chi connectivity index (χ0v) is 13.9. The van der Waals surface area contributed by atoms with Gasteiger partial charge in [0, 0.05) is 11.9 Å². The van der Waals surface area contributed by atoms with E-state index in [2.05, 4.69) is 10.3 Å². The number of hydrogen-bond acceptors (Lipinski definition) is 5. The lowest BCUT2D eigenvalue weighted by molar-refractivity contribution is -0.136. The predicted molar refractivity (Wildman–Crippen MR) is 92.5 cm³/mol. The topological polar surface area (TPSA) is 63.6 Å². The van der Waals surface area contributed by atoms with Crippen LogP contribution in [-0.4, -0.2) is 23.9 Å². The quantitative estimate of drug-likeness (QED) is 0.883. The number of rotatable bonds is 3. The van der Waals surface area contributed by atoms with Gasteiger partial charge in [-0.05, 0) is 37.1 Å². The molecule has 0 saturated carbocycles. The number of esters is 1. The number of pyridine rings is 1. The number of allylic oxidation sites excluding steroid dienone is 1. The van der Waals surface area contributed by atoms with Crippen LogP contribution in [0, 0.1) is 6.92 Å². The summed E-state index contributed by atoms with van der Waals surface area (Å²) >= 11 is 0. The highest BCUT2D eigenvalue weighted by atomic mass is 16.5. The number of amidine groups is 1. The average Bonchev–Trinajstić information content (AvgIpc) is 2.61. The minimum absolute atomic E-state index is 0.378. The number of methoxy groups -OCH3 is 1. The minimum Gasteiger partial charge on any atom is -0.466 e. The van der Waals surface area contributed by atoms with Gasteiger partial charge >= 0.3 is 5.97 Å². The Bertz CT molecular complexity index is 826. The molecule has 5 heteroatoms. The summed E-state index contributed by atoms with van der Waals surface area (Å²) in [6.45, 7) is 3.87. The van der Waals surface area contributed by atoms with E-state index in [1.807, 2.05) is 56.3 Å². The van der Waals surface area contributed by atoms with Crippen LogP contribution in [0.4, 0.5) is 0 Å². The maximum absolute atomic E-state index is 12.3. The summed E-state index contributed by atoms with van der Waals surface area (Å²) in [4.78, 5) is 21.4. The van der Waals surface area contributed by atoms with E-state index >= 15 is 0 Å². The lowest BCUT2D eigenvalue weighted by Gasteiger charge is -2.26. The second kappa shape index (κ2) is 6.66. The summed E-state index contributed by atoms with van der Waals surface area (Å²) in [7, 11) is 1.38. The number of aryl methyl sites for hydroxylation is 1. The summed E-state index contributed by atoms with van der Waals surface area (Å²) in [6, 6.07) is 13.1. The van der Waals surface area contributed by atoms with Gasteiger partial charge < -0.3 is 10.1 Å². The highest BCUT2D eigenvalue weighted by molar-refractivity contribution is 6.02. The molecule has 122 valence electrons.